The van der Waals surface area contributed by atoms with E-state index in [2.05, 4.69) is 58.4 Å². The number of nitrogens with one attached hydrogen (secondary N) is 2. The lowest BCUT2D eigenvalue weighted by Gasteiger charge is -2.32. The second kappa shape index (κ2) is 11.7. The Morgan fingerprint density at radius 2 is 2.15 bits per heavy atom. The summed E-state index contributed by atoms with van der Waals surface area (Å²) in [6, 6.07) is 4.21. The van der Waals surface area contributed by atoms with Gasteiger partial charge in [0.2, 0.25) is 0 Å². The van der Waals surface area contributed by atoms with Gasteiger partial charge in [0.15, 0.2) is 5.96 Å². The fraction of sp³-hybridized carbons (Fsp3) is 0.700. The quantitative estimate of drug-likeness (QED) is 0.402. The Morgan fingerprint density at radius 1 is 1.27 bits per heavy atom. The Labute approximate surface area is 158 Å². The molecule has 1 aliphatic rings. The van der Waals surface area contributed by atoms with Crippen molar-refractivity contribution in [1.82, 2.24) is 15.6 Å². The van der Waals surface area contributed by atoms with E-state index in [1.54, 1.807) is 0 Å². The molecule has 0 spiro atoms. The third-order valence-corrected chi connectivity index (χ3v) is 4.46. The molecule has 1 aromatic rings. The summed E-state index contributed by atoms with van der Waals surface area (Å²) < 4.78 is 5.59. The van der Waals surface area contributed by atoms with Gasteiger partial charge >= 0.3 is 0 Å². The maximum atomic E-state index is 5.59. The molecule has 1 aliphatic heterocycles. The number of guanidine groups is 1. The second-order valence-corrected chi connectivity index (χ2v) is 6.83. The summed E-state index contributed by atoms with van der Waals surface area (Å²) in [4.78, 5) is 11.6. The lowest BCUT2D eigenvalue weighted by Crippen LogP contribution is -2.41. The van der Waals surface area contributed by atoms with Crippen LogP contribution in [-0.4, -0.2) is 49.8 Å². The predicted molar refractivity (Wildman–Crippen MR) is 109 cm³/mol. The van der Waals surface area contributed by atoms with Crippen molar-refractivity contribution in [3.8, 4) is 0 Å². The number of ether oxygens (including phenoxy) is 1. The molecule has 0 amide bonds. The van der Waals surface area contributed by atoms with E-state index in [9.17, 15) is 0 Å². The molecule has 2 rings (SSSR count). The molecule has 1 aromatic heterocycles. The monoisotopic (exact) mass is 361 g/mol. The maximum absolute atomic E-state index is 5.59. The van der Waals surface area contributed by atoms with Gasteiger partial charge in [0, 0.05) is 32.4 Å². The summed E-state index contributed by atoms with van der Waals surface area (Å²) in [5.74, 6) is 1.91. The number of unbranched alkanes of at least 4 members (excludes halogenated alkanes) is 3. The maximum Gasteiger partial charge on any atom is 0.191 e. The topological polar surface area (TPSA) is 61.8 Å². The fourth-order valence-corrected chi connectivity index (χ4v) is 2.99. The zero-order valence-corrected chi connectivity index (χ0v) is 16.6. The summed E-state index contributed by atoms with van der Waals surface area (Å²) in [5, 5.41) is 6.72. The van der Waals surface area contributed by atoms with Crippen LogP contribution >= 0.6 is 0 Å². The third-order valence-electron chi connectivity index (χ3n) is 4.46. The molecule has 6 heteroatoms. The minimum absolute atomic E-state index is 0.265. The van der Waals surface area contributed by atoms with Gasteiger partial charge in [-0.15, -0.1) is 0 Å². The van der Waals surface area contributed by atoms with Crippen molar-refractivity contribution in [2.45, 2.75) is 59.1 Å². The molecule has 0 aromatic carbocycles. The summed E-state index contributed by atoms with van der Waals surface area (Å²) in [6.45, 7) is 11.5. The zero-order valence-electron chi connectivity index (χ0n) is 16.6. The molecule has 0 radical (unpaired) electrons. The zero-order chi connectivity index (χ0) is 18.6. The van der Waals surface area contributed by atoms with Crippen LogP contribution in [0.15, 0.2) is 23.3 Å². The standard InChI is InChI=1S/C20H35N5O/c1-4-6-7-8-11-22-20(21-5-2)24-15-18-9-10-19(23-14-18)25-12-13-26-17(3)16-25/h9-10,14,17H,4-8,11-13,15-16H2,1-3H3,(H2,21,22,24). The van der Waals surface area contributed by atoms with E-state index in [0.717, 1.165) is 50.1 Å². The molecule has 2 heterocycles. The van der Waals surface area contributed by atoms with Crippen LogP contribution in [0.2, 0.25) is 0 Å². The molecular formula is C20H35N5O. The average Bonchev–Trinajstić information content (AvgIpc) is 2.66. The number of rotatable bonds is 9. The van der Waals surface area contributed by atoms with Gasteiger partial charge < -0.3 is 20.3 Å². The number of hydrogen-bond acceptors (Lipinski definition) is 4. The van der Waals surface area contributed by atoms with E-state index >= 15 is 0 Å². The average molecular weight is 362 g/mol. The summed E-state index contributed by atoms with van der Waals surface area (Å²) >= 11 is 0. The van der Waals surface area contributed by atoms with E-state index in [0.29, 0.717) is 6.54 Å². The van der Waals surface area contributed by atoms with Gasteiger partial charge in [0.25, 0.3) is 0 Å². The number of anilines is 1. The molecule has 0 aliphatic carbocycles. The number of aromatic nitrogens is 1. The minimum Gasteiger partial charge on any atom is -0.375 e. The Kier molecular flexibility index (Phi) is 9.24. The summed E-state index contributed by atoms with van der Waals surface area (Å²) in [7, 11) is 0. The lowest BCUT2D eigenvalue weighted by molar-refractivity contribution is 0.0529. The van der Waals surface area contributed by atoms with Crippen molar-refractivity contribution in [3.63, 3.8) is 0 Å². The van der Waals surface area contributed by atoms with Crippen LogP contribution < -0.4 is 15.5 Å². The van der Waals surface area contributed by atoms with Gasteiger partial charge in [0.1, 0.15) is 5.82 Å². The first-order valence-corrected chi connectivity index (χ1v) is 10.1. The fourth-order valence-electron chi connectivity index (χ4n) is 2.99. The highest BCUT2D eigenvalue weighted by molar-refractivity contribution is 5.79. The van der Waals surface area contributed by atoms with E-state index in [1.165, 1.54) is 25.7 Å². The van der Waals surface area contributed by atoms with Crippen molar-refractivity contribution in [1.29, 1.82) is 0 Å². The van der Waals surface area contributed by atoms with Gasteiger partial charge in [-0.3, -0.25) is 0 Å². The first-order chi connectivity index (χ1) is 12.7. The molecule has 0 saturated carbocycles. The van der Waals surface area contributed by atoms with Crippen molar-refractivity contribution in [3.05, 3.63) is 23.9 Å². The van der Waals surface area contributed by atoms with Crippen LogP contribution in [0.5, 0.6) is 0 Å². The van der Waals surface area contributed by atoms with Crippen molar-refractivity contribution < 1.29 is 4.74 Å². The molecule has 6 nitrogen and oxygen atoms in total. The van der Waals surface area contributed by atoms with Crippen molar-refractivity contribution in [2.75, 3.05) is 37.7 Å². The summed E-state index contributed by atoms with van der Waals surface area (Å²) in [5.41, 5.74) is 1.12. The first kappa shape index (κ1) is 20.5. The highest BCUT2D eigenvalue weighted by atomic mass is 16.5. The molecular weight excluding hydrogens is 326 g/mol. The Hall–Kier alpha value is -1.82. The Balaban J connectivity index is 1.83. The highest BCUT2D eigenvalue weighted by Crippen LogP contribution is 2.15. The molecule has 1 unspecified atom stereocenters. The smallest absolute Gasteiger partial charge is 0.191 e. The number of pyridine rings is 1. The number of hydrogen-bond donors (Lipinski definition) is 2. The Morgan fingerprint density at radius 3 is 2.85 bits per heavy atom. The van der Waals surface area contributed by atoms with E-state index < -0.39 is 0 Å². The van der Waals surface area contributed by atoms with Gasteiger partial charge in [-0.1, -0.05) is 32.3 Å². The van der Waals surface area contributed by atoms with Crippen LogP contribution in [0, 0.1) is 0 Å². The van der Waals surface area contributed by atoms with Crippen LogP contribution in [0.1, 0.15) is 52.0 Å². The summed E-state index contributed by atoms with van der Waals surface area (Å²) in [6.07, 6.45) is 7.22. The lowest BCUT2D eigenvalue weighted by atomic mass is 10.2. The molecule has 1 saturated heterocycles. The molecule has 0 bridgehead atoms. The largest absolute Gasteiger partial charge is 0.375 e. The Bertz CT molecular complexity index is 532. The third kappa shape index (κ3) is 7.20. The molecule has 26 heavy (non-hydrogen) atoms. The number of nitrogens with zero attached hydrogens (tertiary/aromatic N) is 3. The normalized spacial score (nSPS) is 18.0. The van der Waals surface area contributed by atoms with Gasteiger partial charge in [0.05, 0.1) is 19.3 Å². The first-order valence-electron chi connectivity index (χ1n) is 10.1. The number of morpholine rings is 1. The molecule has 1 fully saturated rings. The van der Waals surface area contributed by atoms with E-state index in [-0.39, 0.29) is 6.10 Å². The SMILES string of the molecule is CCCCCCNC(=NCc1ccc(N2CCOC(C)C2)nc1)NCC. The van der Waals surface area contributed by atoms with Gasteiger partial charge in [-0.2, -0.15) is 0 Å². The van der Waals surface area contributed by atoms with Crippen molar-refractivity contribution >= 4 is 11.8 Å². The van der Waals surface area contributed by atoms with Crippen LogP contribution in [0.4, 0.5) is 5.82 Å². The minimum atomic E-state index is 0.265. The van der Waals surface area contributed by atoms with Crippen LogP contribution in [0.3, 0.4) is 0 Å². The van der Waals surface area contributed by atoms with Crippen LogP contribution in [-0.2, 0) is 11.3 Å². The highest BCUT2D eigenvalue weighted by Gasteiger charge is 2.17. The van der Waals surface area contributed by atoms with Crippen molar-refractivity contribution in [2.24, 2.45) is 4.99 Å². The van der Waals surface area contributed by atoms with Gasteiger partial charge in [-0.25, -0.2) is 9.98 Å². The number of aliphatic imine (C=N–C) groups is 1. The van der Waals surface area contributed by atoms with Crippen LogP contribution in [0.25, 0.3) is 0 Å². The van der Waals surface area contributed by atoms with Gasteiger partial charge in [-0.05, 0) is 31.9 Å². The molecule has 2 N–H and O–H groups in total. The molecule has 1 atom stereocenters. The van der Waals surface area contributed by atoms with E-state index in [4.69, 9.17) is 4.74 Å². The predicted octanol–water partition coefficient (Wildman–Crippen LogP) is 2.94. The molecule has 146 valence electrons. The second-order valence-electron chi connectivity index (χ2n) is 6.83. The van der Waals surface area contributed by atoms with E-state index in [1.807, 2.05) is 6.20 Å².